The van der Waals surface area contributed by atoms with E-state index < -0.39 is 5.91 Å². The van der Waals surface area contributed by atoms with Crippen LogP contribution < -0.4 is 15.6 Å². The Hall–Kier alpha value is -4.31. The lowest BCUT2D eigenvalue weighted by Crippen LogP contribution is -2.15. The summed E-state index contributed by atoms with van der Waals surface area (Å²) in [6.45, 7) is 3.51. The lowest BCUT2D eigenvalue weighted by Gasteiger charge is -2.17. The van der Waals surface area contributed by atoms with E-state index in [0.29, 0.717) is 44.8 Å². The van der Waals surface area contributed by atoms with Crippen LogP contribution >= 0.6 is 0 Å². The van der Waals surface area contributed by atoms with E-state index in [-0.39, 0.29) is 17.0 Å². The average molecular weight is 430 g/mol. The van der Waals surface area contributed by atoms with Gasteiger partial charge in [-0.05, 0) is 67.3 Å². The van der Waals surface area contributed by atoms with Gasteiger partial charge in [0, 0.05) is 35.4 Å². The number of aromatic nitrogens is 1. The van der Waals surface area contributed by atoms with Gasteiger partial charge in [-0.3, -0.25) is 9.59 Å². The fraction of sp³-hybridized carbons (Fsp3) is 0.120. The predicted octanol–water partition coefficient (Wildman–Crippen LogP) is 4.92. The third-order valence-corrected chi connectivity index (χ3v) is 5.09. The van der Waals surface area contributed by atoms with Gasteiger partial charge in [0.05, 0.1) is 6.26 Å². The molecule has 160 valence electrons. The van der Waals surface area contributed by atoms with Gasteiger partial charge in [-0.25, -0.2) is 4.39 Å². The van der Waals surface area contributed by atoms with Crippen molar-refractivity contribution in [3.05, 3.63) is 76.2 Å². The number of anilines is 1. The largest absolute Gasteiger partial charge is 0.458 e. The highest BCUT2D eigenvalue weighted by molar-refractivity contribution is 6.04. The van der Waals surface area contributed by atoms with Crippen molar-refractivity contribution < 1.29 is 18.3 Å². The number of ether oxygens (including phenoxy) is 1. The lowest BCUT2D eigenvalue weighted by atomic mass is 10.0. The van der Waals surface area contributed by atoms with E-state index in [2.05, 4.69) is 5.32 Å². The summed E-state index contributed by atoms with van der Waals surface area (Å²) in [6.07, 6.45) is 8.28. The minimum atomic E-state index is -0.594. The van der Waals surface area contributed by atoms with Crippen LogP contribution in [-0.4, -0.2) is 10.5 Å². The van der Waals surface area contributed by atoms with Crippen LogP contribution in [0, 0.1) is 32.0 Å². The highest BCUT2D eigenvalue weighted by Crippen LogP contribution is 2.40. The van der Waals surface area contributed by atoms with Crippen molar-refractivity contribution in [1.29, 1.82) is 0 Å². The van der Waals surface area contributed by atoms with E-state index in [9.17, 15) is 14.0 Å². The van der Waals surface area contributed by atoms with Gasteiger partial charge in [-0.1, -0.05) is 0 Å². The fourth-order valence-electron chi connectivity index (χ4n) is 3.63. The van der Waals surface area contributed by atoms with Crippen molar-refractivity contribution in [2.75, 3.05) is 5.32 Å². The van der Waals surface area contributed by atoms with Crippen LogP contribution in [0.15, 0.2) is 58.1 Å². The number of benzene rings is 2. The molecule has 4 rings (SSSR count). The molecule has 4 aromatic rings. The first kappa shape index (κ1) is 20.9. The fourth-order valence-corrected chi connectivity index (χ4v) is 3.63. The Morgan fingerprint density at radius 1 is 1.16 bits per heavy atom. The van der Waals surface area contributed by atoms with E-state index in [0.717, 1.165) is 0 Å². The number of nitrogens with one attached hydrogen (secondary N) is 1. The standard InChI is InChI=1S/C25H19FN2O4/c1-5-22(29)27-17-6-7-21(32-23-14(2)10-16(26)11-15(23)3)19(12-17)20-13-28(4)25(30)24-18(20)8-9-31-24/h1,6-13H,2-4H3,(H,27,29). The third-order valence-electron chi connectivity index (χ3n) is 5.09. The number of hydrogen-bond donors (Lipinski definition) is 1. The molecule has 0 aliphatic heterocycles. The maximum absolute atomic E-state index is 13.8. The van der Waals surface area contributed by atoms with Crippen LogP contribution in [0.2, 0.25) is 0 Å². The molecule has 6 nitrogen and oxygen atoms in total. The van der Waals surface area contributed by atoms with Gasteiger partial charge in [-0.15, -0.1) is 6.42 Å². The van der Waals surface area contributed by atoms with Crippen LogP contribution in [0.25, 0.3) is 22.1 Å². The van der Waals surface area contributed by atoms with Crippen LogP contribution in [0.4, 0.5) is 10.1 Å². The Morgan fingerprint density at radius 3 is 2.56 bits per heavy atom. The minimum absolute atomic E-state index is 0.197. The predicted molar refractivity (Wildman–Crippen MR) is 120 cm³/mol. The molecule has 0 saturated carbocycles. The number of terminal acetylenes is 1. The summed E-state index contributed by atoms with van der Waals surface area (Å²) < 4.78 is 26.8. The summed E-state index contributed by atoms with van der Waals surface area (Å²) in [7, 11) is 1.62. The molecule has 2 heterocycles. The van der Waals surface area contributed by atoms with Crippen LogP contribution in [0.3, 0.4) is 0 Å². The van der Waals surface area contributed by atoms with Gasteiger partial charge in [0.2, 0.25) is 0 Å². The number of amides is 1. The normalized spacial score (nSPS) is 10.7. The maximum Gasteiger partial charge on any atom is 0.300 e. The van der Waals surface area contributed by atoms with Crippen LogP contribution in [0.1, 0.15) is 11.1 Å². The number of aryl methyl sites for hydroxylation is 3. The molecule has 0 unspecified atom stereocenters. The average Bonchev–Trinajstić information content (AvgIpc) is 3.24. The molecule has 2 aromatic carbocycles. The van der Waals surface area contributed by atoms with E-state index >= 15 is 0 Å². The smallest absolute Gasteiger partial charge is 0.300 e. The Balaban J connectivity index is 1.94. The van der Waals surface area contributed by atoms with Crippen LogP contribution in [-0.2, 0) is 11.8 Å². The second-order valence-corrected chi connectivity index (χ2v) is 7.40. The van der Waals surface area contributed by atoms with Gasteiger partial charge in [0.15, 0.2) is 5.58 Å². The second kappa shape index (κ2) is 8.08. The Bertz CT molecular complexity index is 1450. The zero-order chi connectivity index (χ0) is 23.0. The highest BCUT2D eigenvalue weighted by atomic mass is 19.1. The molecule has 7 heteroatoms. The first-order valence-electron chi connectivity index (χ1n) is 9.72. The first-order chi connectivity index (χ1) is 15.3. The van der Waals surface area contributed by atoms with E-state index in [1.54, 1.807) is 51.4 Å². The molecule has 0 bridgehead atoms. The van der Waals surface area contributed by atoms with Gasteiger partial charge >= 0.3 is 0 Å². The quantitative estimate of drug-likeness (QED) is 0.467. The molecular formula is C25H19FN2O4. The summed E-state index contributed by atoms with van der Waals surface area (Å²) in [6, 6.07) is 9.51. The first-order valence-corrected chi connectivity index (χ1v) is 9.72. The van der Waals surface area contributed by atoms with Crippen molar-refractivity contribution in [3.8, 4) is 35.0 Å². The lowest BCUT2D eigenvalue weighted by molar-refractivity contribution is -0.111. The van der Waals surface area contributed by atoms with Crippen LogP contribution in [0.5, 0.6) is 11.5 Å². The Labute approximate surface area is 183 Å². The molecule has 0 aliphatic rings. The van der Waals surface area contributed by atoms with Gasteiger partial charge in [-0.2, -0.15) is 0 Å². The summed E-state index contributed by atoms with van der Waals surface area (Å²) in [5.74, 6) is 2.03. The number of furan rings is 1. The highest BCUT2D eigenvalue weighted by Gasteiger charge is 2.18. The third kappa shape index (κ3) is 3.74. The van der Waals surface area contributed by atoms with Crippen molar-refractivity contribution in [1.82, 2.24) is 4.57 Å². The second-order valence-electron chi connectivity index (χ2n) is 7.40. The van der Waals surface area contributed by atoms with Crippen molar-refractivity contribution >= 4 is 22.6 Å². The molecule has 2 aromatic heterocycles. The number of pyridine rings is 1. The Morgan fingerprint density at radius 2 is 1.88 bits per heavy atom. The number of halogens is 1. The molecule has 1 amide bonds. The zero-order valence-electron chi connectivity index (χ0n) is 17.7. The SMILES string of the molecule is C#CC(=O)Nc1ccc(Oc2c(C)cc(F)cc2C)c(-c2cn(C)c(=O)c3occc23)c1. The number of hydrogen-bond acceptors (Lipinski definition) is 4. The number of rotatable bonds is 4. The zero-order valence-corrected chi connectivity index (χ0v) is 17.7. The van der Waals surface area contributed by atoms with E-state index in [1.165, 1.54) is 23.0 Å². The van der Waals surface area contributed by atoms with Gasteiger partial charge in [0.1, 0.15) is 17.3 Å². The summed E-state index contributed by atoms with van der Waals surface area (Å²) in [5, 5.41) is 3.21. The molecule has 0 spiro atoms. The molecule has 32 heavy (non-hydrogen) atoms. The molecular weight excluding hydrogens is 411 g/mol. The number of fused-ring (bicyclic) bond motifs is 1. The maximum atomic E-state index is 13.8. The van der Waals surface area contributed by atoms with E-state index in [1.807, 2.05) is 5.92 Å². The summed E-state index contributed by atoms with van der Waals surface area (Å²) >= 11 is 0. The topological polar surface area (TPSA) is 73.5 Å². The summed E-state index contributed by atoms with van der Waals surface area (Å²) in [5.41, 5.74) is 2.87. The molecule has 0 saturated heterocycles. The van der Waals surface area contributed by atoms with Crippen molar-refractivity contribution in [2.45, 2.75) is 13.8 Å². The molecule has 1 N–H and O–H groups in total. The Kier molecular flexibility index (Phi) is 5.29. The number of nitrogens with zero attached hydrogens (tertiary/aromatic N) is 1. The van der Waals surface area contributed by atoms with Crippen molar-refractivity contribution in [3.63, 3.8) is 0 Å². The molecule has 0 radical (unpaired) electrons. The molecule has 0 atom stereocenters. The summed E-state index contributed by atoms with van der Waals surface area (Å²) in [4.78, 5) is 24.2. The molecule has 0 aliphatic carbocycles. The van der Waals surface area contributed by atoms with E-state index in [4.69, 9.17) is 15.6 Å². The van der Waals surface area contributed by atoms with Gasteiger partial charge in [0.25, 0.3) is 11.5 Å². The van der Waals surface area contributed by atoms with Gasteiger partial charge < -0.3 is 19.0 Å². The molecule has 0 fully saturated rings. The monoisotopic (exact) mass is 430 g/mol. The number of carbonyl (C=O) groups excluding carboxylic acids is 1. The minimum Gasteiger partial charge on any atom is -0.458 e. The van der Waals surface area contributed by atoms with Crippen molar-refractivity contribution in [2.24, 2.45) is 7.05 Å². The number of carbonyl (C=O) groups is 1.